The number of nitrogen functional groups attached to an aromatic ring is 1. The molecule has 0 saturated heterocycles. The molecule has 0 aliphatic heterocycles. The Labute approximate surface area is 114 Å². The number of hydrogen-bond acceptors (Lipinski definition) is 6. The fourth-order valence-corrected chi connectivity index (χ4v) is 2.46. The molecule has 2 unspecified atom stereocenters. The highest BCUT2D eigenvalue weighted by Crippen LogP contribution is 2.30. The molecule has 0 radical (unpaired) electrons. The lowest BCUT2D eigenvalue weighted by molar-refractivity contribution is 0.222. The predicted octanol–water partition coefficient (Wildman–Crippen LogP) is 2.09. The first kappa shape index (κ1) is 13.8. The van der Waals surface area contributed by atoms with E-state index in [0.29, 0.717) is 11.9 Å². The van der Waals surface area contributed by atoms with Gasteiger partial charge in [-0.05, 0) is 38.5 Å². The molecule has 19 heavy (non-hydrogen) atoms. The summed E-state index contributed by atoms with van der Waals surface area (Å²) in [6.45, 7) is 7.03. The molecular weight excluding hydrogens is 242 g/mol. The Kier molecular flexibility index (Phi) is 4.39. The van der Waals surface area contributed by atoms with Gasteiger partial charge in [0.05, 0.1) is 6.10 Å². The average Bonchev–Trinajstić information content (AvgIpc) is 2.71. The van der Waals surface area contributed by atoms with E-state index in [1.54, 1.807) is 0 Å². The standard InChI is InChI=1S/C13H23N5O/c1-8(2)19-13-17-11(14)16-12(18-13)15-7-10-5-4-9(3)6-10/h8-10H,4-7H2,1-3H3,(H3,14,15,16,17,18). The first-order chi connectivity index (χ1) is 9.02. The van der Waals surface area contributed by atoms with Gasteiger partial charge >= 0.3 is 6.01 Å². The van der Waals surface area contributed by atoms with Crippen molar-refractivity contribution in [2.24, 2.45) is 11.8 Å². The third-order valence-corrected chi connectivity index (χ3v) is 3.33. The molecule has 2 atom stereocenters. The topological polar surface area (TPSA) is 86.0 Å². The van der Waals surface area contributed by atoms with Gasteiger partial charge in [-0.15, -0.1) is 0 Å². The van der Waals surface area contributed by atoms with Crippen LogP contribution in [-0.2, 0) is 0 Å². The summed E-state index contributed by atoms with van der Waals surface area (Å²) in [6.07, 6.45) is 3.87. The SMILES string of the molecule is CC1CCC(CNc2nc(N)nc(OC(C)C)n2)C1. The summed E-state index contributed by atoms with van der Waals surface area (Å²) >= 11 is 0. The van der Waals surface area contributed by atoms with Crippen LogP contribution in [0.25, 0.3) is 0 Å². The molecule has 0 aromatic carbocycles. The summed E-state index contributed by atoms with van der Waals surface area (Å²) in [7, 11) is 0. The van der Waals surface area contributed by atoms with Crippen LogP contribution in [0.2, 0.25) is 0 Å². The van der Waals surface area contributed by atoms with Gasteiger partial charge < -0.3 is 15.8 Å². The van der Waals surface area contributed by atoms with Crippen LogP contribution in [0, 0.1) is 11.8 Å². The van der Waals surface area contributed by atoms with Gasteiger partial charge in [0.25, 0.3) is 0 Å². The summed E-state index contributed by atoms with van der Waals surface area (Å²) < 4.78 is 5.44. The highest BCUT2D eigenvalue weighted by molar-refractivity contribution is 5.32. The second-order valence-electron chi connectivity index (χ2n) is 5.63. The van der Waals surface area contributed by atoms with Crippen LogP contribution >= 0.6 is 0 Å². The molecule has 1 heterocycles. The zero-order valence-electron chi connectivity index (χ0n) is 11.9. The minimum absolute atomic E-state index is 0.0188. The molecule has 1 aliphatic rings. The van der Waals surface area contributed by atoms with Crippen molar-refractivity contribution in [1.82, 2.24) is 15.0 Å². The van der Waals surface area contributed by atoms with Gasteiger partial charge in [0.15, 0.2) is 0 Å². The van der Waals surface area contributed by atoms with Crippen molar-refractivity contribution in [3.8, 4) is 6.01 Å². The maximum atomic E-state index is 5.66. The Morgan fingerprint density at radius 3 is 2.74 bits per heavy atom. The summed E-state index contributed by atoms with van der Waals surface area (Å²) in [5.41, 5.74) is 5.66. The van der Waals surface area contributed by atoms with Crippen LogP contribution < -0.4 is 15.8 Å². The van der Waals surface area contributed by atoms with Gasteiger partial charge in [-0.1, -0.05) is 13.3 Å². The van der Waals surface area contributed by atoms with E-state index < -0.39 is 0 Å². The maximum Gasteiger partial charge on any atom is 0.323 e. The third-order valence-electron chi connectivity index (χ3n) is 3.33. The molecular formula is C13H23N5O. The second-order valence-corrected chi connectivity index (χ2v) is 5.63. The highest BCUT2D eigenvalue weighted by Gasteiger charge is 2.21. The first-order valence-electron chi connectivity index (χ1n) is 6.95. The molecule has 1 aromatic rings. The summed E-state index contributed by atoms with van der Waals surface area (Å²) in [6, 6.07) is 0.282. The molecule has 6 nitrogen and oxygen atoms in total. The van der Waals surface area contributed by atoms with Crippen molar-refractivity contribution in [1.29, 1.82) is 0 Å². The molecule has 6 heteroatoms. The number of hydrogen-bond donors (Lipinski definition) is 2. The fourth-order valence-electron chi connectivity index (χ4n) is 2.46. The van der Waals surface area contributed by atoms with Gasteiger partial charge in [0.2, 0.25) is 11.9 Å². The quantitative estimate of drug-likeness (QED) is 0.847. The number of nitrogens with two attached hydrogens (primary N) is 1. The van der Waals surface area contributed by atoms with Crippen molar-refractivity contribution < 1.29 is 4.74 Å². The van der Waals surface area contributed by atoms with Crippen LogP contribution in [0.5, 0.6) is 6.01 Å². The summed E-state index contributed by atoms with van der Waals surface area (Å²) in [4.78, 5) is 12.3. The van der Waals surface area contributed by atoms with Gasteiger partial charge in [-0.3, -0.25) is 0 Å². The lowest BCUT2D eigenvalue weighted by atomic mass is 10.1. The monoisotopic (exact) mass is 265 g/mol. The second kappa shape index (κ2) is 6.04. The van der Waals surface area contributed by atoms with Crippen molar-refractivity contribution >= 4 is 11.9 Å². The maximum absolute atomic E-state index is 5.66. The van der Waals surface area contributed by atoms with E-state index in [2.05, 4.69) is 27.2 Å². The number of anilines is 2. The van der Waals surface area contributed by atoms with Gasteiger partial charge in [0.1, 0.15) is 0 Å². The van der Waals surface area contributed by atoms with E-state index in [1.165, 1.54) is 19.3 Å². The molecule has 1 fully saturated rings. The van der Waals surface area contributed by atoms with Crippen LogP contribution in [0.15, 0.2) is 0 Å². The molecule has 1 saturated carbocycles. The van der Waals surface area contributed by atoms with Crippen LogP contribution in [0.4, 0.5) is 11.9 Å². The molecule has 0 spiro atoms. The van der Waals surface area contributed by atoms with Crippen molar-refractivity contribution in [2.75, 3.05) is 17.6 Å². The van der Waals surface area contributed by atoms with E-state index in [9.17, 15) is 0 Å². The van der Waals surface area contributed by atoms with Gasteiger partial charge in [-0.2, -0.15) is 15.0 Å². The first-order valence-corrected chi connectivity index (χ1v) is 6.95. The molecule has 0 bridgehead atoms. The van der Waals surface area contributed by atoms with Crippen LogP contribution in [0.1, 0.15) is 40.0 Å². The summed E-state index contributed by atoms with van der Waals surface area (Å²) in [5, 5.41) is 3.24. The third kappa shape index (κ3) is 4.22. The highest BCUT2D eigenvalue weighted by atomic mass is 16.5. The lowest BCUT2D eigenvalue weighted by Crippen LogP contribution is -2.16. The van der Waals surface area contributed by atoms with E-state index in [0.717, 1.165) is 12.5 Å². The Hall–Kier alpha value is -1.59. The summed E-state index contributed by atoms with van der Waals surface area (Å²) in [5.74, 6) is 2.22. The van der Waals surface area contributed by atoms with Gasteiger partial charge in [-0.25, -0.2) is 0 Å². The Morgan fingerprint density at radius 1 is 1.32 bits per heavy atom. The molecule has 1 aromatic heterocycles. The van der Waals surface area contributed by atoms with E-state index >= 15 is 0 Å². The smallest absolute Gasteiger partial charge is 0.323 e. The number of ether oxygens (including phenoxy) is 1. The van der Waals surface area contributed by atoms with Gasteiger partial charge in [0, 0.05) is 6.54 Å². The Bertz CT molecular complexity index is 423. The number of nitrogens with one attached hydrogen (secondary N) is 1. The van der Waals surface area contributed by atoms with Crippen molar-refractivity contribution in [3.05, 3.63) is 0 Å². The molecule has 1 aliphatic carbocycles. The lowest BCUT2D eigenvalue weighted by Gasteiger charge is -2.12. The van der Waals surface area contributed by atoms with Crippen molar-refractivity contribution in [2.45, 2.75) is 46.1 Å². The zero-order chi connectivity index (χ0) is 13.8. The fraction of sp³-hybridized carbons (Fsp3) is 0.769. The average molecular weight is 265 g/mol. The van der Waals surface area contributed by atoms with E-state index in [1.807, 2.05) is 13.8 Å². The molecule has 106 valence electrons. The predicted molar refractivity (Wildman–Crippen MR) is 75.0 cm³/mol. The number of aromatic nitrogens is 3. The Morgan fingerprint density at radius 2 is 2.11 bits per heavy atom. The van der Waals surface area contributed by atoms with E-state index in [-0.39, 0.29) is 18.1 Å². The minimum atomic E-state index is 0.0188. The largest absolute Gasteiger partial charge is 0.461 e. The van der Waals surface area contributed by atoms with Crippen LogP contribution in [-0.4, -0.2) is 27.6 Å². The van der Waals surface area contributed by atoms with E-state index in [4.69, 9.17) is 10.5 Å². The molecule has 0 amide bonds. The van der Waals surface area contributed by atoms with Crippen LogP contribution in [0.3, 0.4) is 0 Å². The normalized spacial score (nSPS) is 22.7. The molecule has 2 rings (SSSR count). The zero-order valence-corrected chi connectivity index (χ0v) is 11.9. The molecule has 3 N–H and O–H groups in total. The number of rotatable bonds is 5. The van der Waals surface area contributed by atoms with Crippen molar-refractivity contribution in [3.63, 3.8) is 0 Å². The Balaban J connectivity index is 1.94. The minimum Gasteiger partial charge on any atom is -0.461 e. The number of nitrogens with zero attached hydrogens (tertiary/aromatic N) is 3.